The lowest BCUT2D eigenvalue weighted by Crippen LogP contribution is -2.23. The second-order valence-electron chi connectivity index (χ2n) is 5.50. The summed E-state index contributed by atoms with van der Waals surface area (Å²) in [4.78, 5) is 21.6. The van der Waals surface area contributed by atoms with Crippen LogP contribution in [0.25, 0.3) is 10.2 Å². The van der Waals surface area contributed by atoms with Gasteiger partial charge < -0.3 is 4.90 Å². The van der Waals surface area contributed by atoms with Crippen molar-refractivity contribution in [2.24, 2.45) is 0 Å². The molecule has 1 aliphatic rings. The molecule has 1 fully saturated rings. The van der Waals surface area contributed by atoms with Gasteiger partial charge in [0.05, 0.1) is 21.2 Å². The van der Waals surface area contributed by atoms with Crippen LogP contribution in [-0.2, 0) is 0 Å². The number of anilines is 1. The summed E-state index contributed by atoms with van der Waals surface area (Å²) in [6, 6.07) is 11.6. The molecule has 1 atom stereocenters. The quantitative estimate of drug-likeness (QED) is 0.538. The maximum Gasteiger partial charge on any atom is 0.287 e. The summed E-state index contributed by atoms with van der Waals surface area (Å²) in [5.41, 5.74) is 1.04. The van der Waals surface area contributed by atoms with Crippen LogP contribution < -0.4 is 4.90 Å². The van der Waals surface area contributed by atoms with Crippen LogP contribution in [0.1, 0.15) is 23.9 Å². The molecular formula is C16H14N4O2S. The van der Waals surface area contributed by atoms with Crippen LogP contribution in [0.2, 0.25) is 0 Å². The number of aromatic nitrogens is 2. The van der Waals surface area contributed by atoms with Crippen molar-refractivity contribution >= 4 is 33.1 Å². The summed E-state index contributed by atoms with van der Waals surface area (Å²) in [5, 5.41) is 11.8. The smallest absolute Gasteiger partial charge is 0.287 e. The van der Waals surface area contributed by atoms with Gasteiger partial charge in [-0.05, 0) is 31.0 Å². The Labute approximate surface area is 136 Å². The van der Waals surface area contributed by atoms with Gasteiger partial charge in [-0.2, -0.15) is 0 Å². The Morgan fingerprint density at radius 1 is 1.26 bits per heavy atom. The van der Waals surface area contributed by atoms with Gasteiger partial charge in [-0.15, -0.1) is 11.3 Å². The molecule has 0 saturated carbocycles. The maximum absolute atomic E-state index is 10.8. The molecule has 3 heterocycles. The minimum absolute atomic E-state index is 0.0180. The van der Waals surface area contributed by atoms with E-state index in [-0.39, 0.29) is 11.7 Å². The van der Waals surface area contributed by atoms with E-state index in [1.165, 1.54) is 17.0 Å². The molecule has 1 unspecified atom stereocenters. The third-order valence-corrected chi connectivity index (χ3v) is 5.22. The number of fused-ring (bicyclic) bond motifs is 1. The van der Waals surface area contributed by atoms with Crippen molar-refractivity contribution < 1.29 is 4.92 Å². The van der Waals surface area contributed by atoms with Crippen LogP contribution in [0.5, 0.6) is 0 Å². The zero-order valence-corrected chi connectivity index (χ0v) is 13.1. The molecule has 0 aliphatic carbocycles. The highest BCUT2D eigenvalue weighted by atomic mass is 32.1. The van der Waals surface area contributed by atoms with Crippen LogP contribution in [0.15, 0.2) is 42.6 Å². The number of hydrogen-bond acceptors (Lipinski definition) is 6. The minimum Gasteiger partial charge on any atom is -0.347 e. The molecule has 0 spiro atoms. The molecular weight excluding hydrogens is 312 g/mol. The predicted octanol–water partition coefficient (Wildman–Crippen LogP) is 3.94. The van der Waals surface area contributed by atoms with Gasteiger partial charge in [0.15, 0.2) is 0 Å². The van der Waals surface area contributed by atoms with Crippen LogP contribution in [0.4, 0.5) is 11.5 Å². The number of nitro groups is 1. The molecule has 1 saturated heterocycles. The normalized spacial score (nSPS) is 17.7. The summed E-state index contributed by atoms with van der Waals surface area (Å²) in [5.74, 6) is 0.775. The molecule has 116 valence electrons. The van der Waals surface area contributed by atoms with E-state index in [9.17, 15) is 10.1 Å². The number of thiazole rings is 1. The molecule has 0 N–H and O–H groups in total. The largest absolute Gasteiger partial charge is 0.347 e. The number of benzene rings is 1. The van der Waals surface area contributed by atoms with E-state index >= 15 is 0 Å². The molecule has 0 bridgehead atoms. The Bertz CT molecular complexity index is 829. The van der Waals surface area contributed by atoms with E-state index in [0.717, 1.165) is 35.7 Å². The number of hydrogen-bond donors (Lipinski definition) is 0. The molecule has 6 nitrogen and oxygen atoms in total. The minimum atomic E-state index is -0.425. The molecule has 0 radical (unpaired) electrons. The van der Waals surface area contributed by atoms with E-state index < -0.39 is 4.92 Å². The number of pyridine rings is 1. The lowest BCUT2D eigenvalue weighted by atomic mass is 10.2. The van der Waals surface area contributed by atoms with Gasteiger partial charge in [0.1, 0.15) is 17.0 Å². The molecule has 1 aromatic carbocycles. The first kappa shape index (κ1) is 14.1. The van der Waals surface area contributed by atoms with Crippen molar-refractivity contribution in [2.75, 3.05) is 11.4 Å². The lowest BCUT2D eigenvalue weighted by molar-refractivity contribution is -0.385. The molecule has 3 aromatic rings. The number of nitrogens with zero attached hydrogens (tertiary/aromatic N) is 4. The van der Waals surface area contributed by atoms with E-state index in [4.69, 9.17) is 4.98 Å². The standard InChI is InChI=1S/C16H14N4O2S/c21-20(22)11-7-8-15(17-10-11)19-9-3-5-13(19)16-18-12-4-1-2-6-14(12)23-16/h1-2,4,6-8,10,13H,3,5,9H2. The van der Waals surface area contributed by atoms with Crippen molar-refractivity contribution in [3.8, 4) is 0 Å². The van der Waals surface area contributed by atoms with E-state index in [0.29, 0.717) is 0 Å². The summed E-state index contributed by atoms with van der Waals surface area (Å²) >= 11 is 1.71. The van der Waals surface area contributed by atoms with Gasteiger partial charge in [-0.1, -0.05) is 12.1 Å². The van der Waals surface area contributed by atoms with Gasteiger partial charge in [0.2, 0.25) is 0 Å². The molecule has 0 amide bonds. The second kappa shape index (κ2) is 5.58. The summed E-state index contributed by atoms with van der Waals surface area (Å²) in [7, 11) is 0. The summed E-state index contributed by atoms with van der Waals surface area (Å²) in [6.45, 7) is 0.894. The zero-order valence-electron chi connectivity index (χ0n) is 12.3. The van der Waals surface area contributed by atoms with Crippen molar-refractivity contribution in [3.05, 3.63) is 57.7 Å². The van der Waals surface area contributed by atoms with E-state index in [1.807, 2.05) is 18.2 Å². The fourth-order valence-electron chi connectivity index (χ4n) is 2.99. The fourth-order valence-corrected chi connectivity index (χ4v) is 4.10. The van der Waals surface area contributed by atoms with Gasteiger partial charge in [-0.25, -0.2) is 9.97 Å². The highest BCUT2D eigenvalue weighted by molar-refractivity contribution is 7.18. The van der Waals surface area contributed by atoms with Crippen molar-refractivity contribution in [3.63, 3.8) is 0 Å². The van der Waals surface area contributed by atoms with Crippen LogP contribution in [0.3, 0.4) is 0 Å². The van der Waals surface area contributed by atoms with Gasteiger partial charge >= 0.3 is 0 Å². The zero-order chi connectivity index (χ0) is 15.8. The van der Waals surface area contributed by atoms with Crippen molar-refractivity contribution in [2.45, 2.75) is 18.9 Å². The van der Waals surface area contributed by atoms with Gasteiger partial charge in [0.25, 0.3) is 5.69 Å². The molecule has 23 heavy (non-hydrogen) atoms. The maximum atomic E-state index is 10.8. The number of rotatable bonds is 3. The van der Waals surface area contributed by atoms with Crippen molar-refractivity contribution in [1.29, 1.82) is 0 Å². The fraction of sp³-hybridized carbons (Fsp3) is 0.250. The lowest BCUT2D eigenvalue weighted by Gasteiger charge is -2.23. The van der Waals surface area contributed by atoms with Crippen molar-refractivity contribution in [1.82, 2.24) is 9.97 Å². The summed E-state index contributed by atoms with van der Waals surface area (Å²) in [6.07, 6.45) is 3.42. The highest BCUT2D eigenvalue weighted by Crippen LogP contribution is 2.38. The number of para-hydroxylation sites is 1. The molecule has 7 heteroatoms. The summed E-state index contributed by atoms with van der Waals surface area (Å²) < 4.78 is 1.19. The second-order valence-corrected chi connectivity index (χ2v) is 6.57. The molecule has 2 aromatic heterocycles. The topological polar surface area (TPSA) is 72.2 Å². The van der Waals surface area contributed by atoms with Crippen LogP contribution in [-0.4, -0.2) is 21.4 Å². The Kier molecular flexibility index (Phi) is 3.42. The first-order valence-corrected chi connectivity index (χ1v) is 8.26. The van der Waals surface area contributed by atoms with Crippen LogP contribution in [0, 0.1) is 10.1 Å². The average molecular weight is 326 g/mol. The van der Waals surface area contributed by atoms with Crippen LogP contribution >= 0.6 is 11.3 Å². The first-order valence-electron chi connectivity index (χ1n) is 7.45. The Hall–Kier alpha value is -2.54. The van der Waals surface area contributed by atoms with E-state index in [1.54, 1.807) is 17.4 Å². The Morgan fingerprint density at radius 3 is 2.87 bits per heavy atom. The third-order valence-electron chi connectivity index (χ3n) is 4.09. The Morgan fingerprint density at radius 2 is 2.13 bits per heavy atom. The predicted molar refractivity (Wildman–Crippen MR) is 89.8 cm³/mol. The van der Waals surface area contributed by atoms with Gasteiger partial charge in [0, 0.05) is 12.6 Å². The SMILES string of the molecule is O=[N+]([O-])c1ccc(N2CCCC2c2nc3ccccc3s2)nc1. The third kappa shape index (κ3) is 2.53. The average Bonchev–Trinajstić information content (AvgIpc) is 3.21. The molecule has 4 rings (SSSR count). The van der Waals surface area contributed by atoms with E-state index in [2.05, 4.69) is 16.0 Å². The molecule has 1 aliphatic heterocycles. The Balaban J connectivity index is 1.66. The first-order chi connectivity index (χ1) is 11.2. The highest BCUT2D eigenvalue weighted by Gasteiger charge is 2.29. The van der Waals surface area contributed by atoms with Gasteiger partial charge in [-0.3, -0.25) is 10.1 Å². The monoisotopic (exact) mass is 326 g/mol.